The Bertz CT molecular complexity index is 197. The lowest BCUT2D eigenvalue weighted by Crippen LogP contribution is -2.37. The third kappa shape index (κ3) is 0.941. The fraction of sp³-hybridized carbons (Fsp3) is 1.00. The van der Waals surface area contributed by atoms with Crippen LogP contribution in [0.25, 0.3) is 0 Å². The highest BCUT2D eigenvalue weighted by Crippen LogP contribution is 2.41. The molecule has 68 valence electrons. The molecule has 0 radical (unpaired) electrons. The van der Waals surface area contributed by atoms with Gasteiger partial charge in [0.1, 0.15) is 0 Å². The average Bonchev–Trinajstić information content (AvgIpc) is 2.52. The van der Waals surface area contributed by atoms with E-state index in [9.17, 15) is 10.0 Å². The SMILES string of the molecule is C[C@@H]1C[C@@H]2CC[C@@H](O)[C@H]2N1N=O. The summed E-state index contributed by atoms with van der Waals surface area (Å²) in [5.74, 6) is 0.493. The van der Waals surface area contributed by atoms with E-state index in [-0.39, 0.29) is 18.2 Å². The van der Waals surface area contributed by atoms with Crippen LogP contribution in [0.15, 0.2) is 5.29 Å². The molecule has 0 bridgehead atoms. The Morgan fingerprint density at radius 3 is 2.92 bits per heavy atom. The molecule has 2 rings (SSSR count). The van der Waals surface area contributed by atoms with Crippen molar-refractivity contribution in [2.75, 3.05) is 0 Å². The van der Waals surface area contributed by atoms with E-state index < -0.39 is 0 Å². The molecular formula is C8H14N2O2. The van der Waals surface area contributed by atoms with Crippen molar-refractivity contribution in [3.8, 4) is 0 Å². The highest BCUT2D eigenvalue weighted by atomic mass is 16.3. The summed E-state index contributed by atoms with van der Waals surface area (Å²) < 4.78 is 0. The van der Waals surface area contributed by atoms with Gasteiger partial charge in [0.25, 0.3) is 0 Å². The fourth-order valence-corrected chi connectivity index (χ4v) is 2.66. The summed E-state index contributed by atoms with van der Waals surface area (Å²) >= 11 is 0. The molecule has 1 saturated heterocycles. The van der Waals surface area contributed by atoms with E-state index in [0.29, 0.717) is 5.92 Å². The third-order valence-electron chi connectivity index (χ3n) is 3.21. The van der Waals surface area contributed by atoms with Gasteiger partial charge in [-0.3, -0.25) is 5.01 Å². The zero-order chi connectivity index (χ0) is 8.72. The summed E-state index contributed by atoms with van der Waals surface area (Å²) in [5, 5.41) is 14.1. The molecule has 1 aliphatic heterocycles. The normalized spacial score (nSPS) is 46.3. The standard InChI is InChI=1S/C8H14N2O2/c1-5-4-6-2-3-7(11)8(6)10(5)9-12/h5-8,11H,2-4H2,1H3/t5-,6+,7-,8+/m1/s1. The molecular weight excluding hydrogens is 156 g/mol. The summed E-state index contributed by atoms with van der Waals surface area (Å²) in [6, 6.07) is 0.227. The van der Waals surface area contributed by atoms with Gasteiger partial charge in [0.05, 0.1) is 17.4 Å². The van der Waals surface area contributed by atoms with Crippen LogP contribution < -0.4 is 0 Å². The molecule has 1 heterocycles. The maximum atomic E-state index is 10.5. The van der Waals surface area contributed by atoms with Crippen molar-refractivity contribution in [3.63, 3.8) is 0 Å². The zero-order valence-corrected chi connectivity index (χ0v) is 7.18. The van der Waals surface area contributed by atoms with Crippen LogP contribution in [-0.4, -0.2) is 28.3 Å². The largest absolute Gasteiger partial charge is 0.391 e. The molecule has 4 nitrogen and oxygen atoms in total. The summed E-state index contributed by atoms with van der Waals surface area (Å²) in [6.45, 7) is 1.99. The van der Waals surface area contributed by atoms with Gasteiger partial charge in [0.2, 0.25) is 0 Å². The highest BCUT2D eigenvalue weighted by Gasteiger charge is 2.47. The Balaban J connectivity index is 2.17. The molecule has 1 saturated carbocycles. The molecule has 0 aromatic heterocycles. The van der Waals surface area contributed by atoms with E-state index in [1.54, 1.807) is 5.01 Å². The van der Waals surface area contributed by atoms with Gasteiger partial charge in [-0.25, -0.2) is 0 Å². The van der Waals surface area contributed by atoms with Gasteiger partial charge in [-0.05, 0) is 32.1 Å². The summed E-state index contributed by atoms with van der Waals surface area (Å²) in [6.07, 6.45) is 2.54. The Hall–Kier alpha value is -0.640. The predicted octanol–water partition coefficient (Wildman–Crippen LogP) is 0.901. The Kier molecular flexibility index (Phi) is 1.79. The third-order valence-corrected chi connectivity index (χ3v) is 3.21. The van der Waals surface area contributed by atoms with E-state index in [2.05, 4.69) is 5.29 Å². The Morgan fingerprint density at radius 2 is 2.25 bits per heavy atom. The van der Waals surface area contributed by atoms with Crippen molar-refractivity contribution in [3.05, 3.63) is 4.91 Å². The second kappa shape index (κ2) is 2.69. The van der Waals surface area contributed by atoms with E-state index in [1.165, 1.54) is 0 Å². The van der Waals surface area contributed by atoms with Crippen molar-refractivity contribution in [2.45, 2.75) is 44.4 Å². The molecule has 4 heteroatoms. The first-order chi connectivity index (χ1) is 5.74. The van der Waals surface area contributed by atoms with Crippen molar-refractivity contribution in [2.24, 2.45) is 11.2 Å². The number of nitrogens with zero attached hydrogens (tertiary/aromatic N) is 2. The predicted molar refractivity (Wildman–Crippen MR) is 44.2 cm³/mol. The average molecular weight is 170 g/mol. The lowest BCUT2D eigenvalue weighted by atomic mass is 10.0. The fourth-order valence-electron chi connectivity index (χ4n) is 2.66. The molecule has 4 atom stereocenters. The Labute approximate surface area is 71.5 Å². The number of hydrogen-bond acceptors (Lipinski definition) is 3. The molecule has 0 aromatic rings. The van der Waals surface area contributed by atoms with Gasteiger partial charge in [-0.15, -0.1) is 4.91 Å². The summed E-state index contributed by atoms with van der Waals surface area (Å²) in [5.41, 5.74) is 0. The summed E-state index contributed by atoms with van der Waals surface area (Å²) in [4.78, 5) is 10.5. The second-order valence-electron chi connectivity index (χ2n) is 3.94. The van der Waals surface area contributed by atoms with Gasteiger partial charge in [0, 0.05) is 6.04 Å². The van der Waals surface area contributed by atoms with Crippen LogP contribution in [0.2, 0.25) is 0 Å². The van der Waals surface area contributed by atoms with Gasteiger partial charge < -0.3 is 5.11 Å². The van der Waals surface area contributed by atoms with Crippen LogP contribution in [0.4, 0.5) is 0 Å². The molecule has 0 unspecified atom stereocenters. The van der Waals surface area contributed by atoms with Gasteiger partial charge >= 0.3 is 0 Å². The number of aliphatic hydroxyl groups excluding tert-OH is 1. The molecule has 0 aromatic carbocycles. The molecule has 1 N–H and O–H groups in total. The maximum absolute atomic E-state index is 10.5. The topological polar surface area (TPSA) is 52.9 Å². The van der Waals surface area contributed by atoms with Crippen LogP contribution >= 0.6 is 0 Å². The minimum atomic E-state index is -0.336. The van der Waals surface area contributed by atoms with E-state index in [0.717, 1.165) is 19.3 Å². The smallest absolute Gasteiger partial charge is 0.0793 e. The number of rotatable bonds is 1. The number of hydrogen-bond donors (Lipinski definition) is 1. The second-order valence-corrected chi connectivity index (χ2v) is 3.94. The Morgan fingerprint density at radius 1 is 1.50 bits per heavy atom. The molecule has 2 aliphatic rings. The van der Waals surface area contributed by atoms with Crippen molar-refractivity contribution in [1.29, 1.82) is 0 Å². The monoisotopic (exact) mass is 170 g/mol. The highest BCUT2D eigenvalue weighted by molar-refractivity contribution is 4.98. The molecule has 2 fully saturated rings. The minimum absolute atomic E-state index is 0.0116. The van der Waals surface area contributed by atoms with Crippen molar-refractivity contribution in [1.82, 2.24) is 5.01 Å². The van der Waals surface area contributed by atoms with Crippen LogP contribution in [0, 0.1) is 10.8 Å². The van der Waals surface area contributed by atoms with Crippen LogP contribution in [-0.2, 0) is 0 Å². The molecule has 0 amide bonds. The zero-order valence-electron chi connectivity index (χ0n) is 7.18. The first-order valence-electron chi connectivity index (χ1n) is 4.53. The minimum Gasteiger partial charge on any atom is -0.391 e. The molecule has 0 spiro atoms. The van der Waals surface area contributed by atoms with Gasteiger partial charge in [-0.2, -0.15) is 0 Å². The first-order valence-corrected chi connectivity index (χ1v) is 4.53. The van der Waals surface area contributed by atoms with Gasteiger partial charge in [0.15, 0.2) is 0 Å². The van der Waals surface area contributed by atoms with E-state index in [4.69, 9.17) is 0 Å². The number of fused-ring (bicyclic) bond motifs is 1. The van der Waals surface area contributed by atoms with Gasteiger partial charge in [-0.1, -0.05) is 0 Å². The van der Waals surface area contributed by atoms with Crippen molar-refractivity contribution >= 4 is 0 Å². The van der Waals surface area contributed by atoms with Crippen LogP contribution in [0.3, 0.4) is 0 Å². The lowest BCUT2D eigenvalue weighted by Gasteiger charge is -2.23. The van der Waals surface area contributed by atoms with E-state index in [1.807, 2.05) is 6.92 Å². The number of aliphatic hydroxyl groups is 1. The van der Waals surface area contributed by atoms with Crippen LogP contribution in [0.5, 0.6) is 0 Å². The molecule has 12 heavy (non-hydrogen) atoms. The number of nitroso groups, excluding NO2 is 1. The lowest BCUT2D eigenvalue weighted by molar-refractivity contribution is 0.0709. The maximum Gasteiger partial charge on any atom is 0.0793 e. The molecule has 1 aliphatic carbocycles. The van der Waals surface area contributed by atoms with E-state index >= 15 is 0 Å². The summed E-state index contributed by atoms with van der Waals surface area (Å²) in [7, 11) is 0. The quantitative estimate of drug-likeness (QED) is 0.595. The first kappa shape index (κ1) is 7.98. The van der Waals surface area contributed by atoms with Crippen molar-refractivity contribution < 1.29 is 5.11 Å². The van der Waals surface area contributed by atoms with Crippen LogP contribution in [0.1, 0.15) is 26.2 Å².